The van der Waals surface area contributed by atoms with Gasteiger partial charge in [0.05, 0.1) is 31.3 Å². The molecule has 0 aliphatic carbocycles. The molecule has 1 aromatic carbocycles. The number of likely N-dealkylation sites (N-methyl/N-ethyl adjacent to an activating group) is 6. The van der Waals surface area contributed by atoms with Crippen LogP contribution >= 0.6 is 0 Å². The van der Waals surface area contributed by atoms with Crippen LogP contribution in [0, 0.1) is 17.8 Å². The number of ether oxygens (including phenoxy) is 1. The quantitative estimate of drug-likeness (QED) is 0.235. The summed E-state index contributed by atoms with van der Waals surface area (Å²) in [7, 11) is 8.35. The highest BCUT2D eigenvalue weighted by molar-refractivity contribution is 5.99. The van der Waals surface area contributed by atoms with Gasteiger partial charge in [0.1, 0.15) is 48.3 Å². The van der Waals surface area contributed by atoms with Crippen molar-refractivity contribution in [3.05, 3.63) is 35.9 Å². The van der Waals surface area contributed by atoms with Gasteiger partial charge < -0.3 is 60.1 Å². The maximum absolute atomic E-state index is 14.9. The molecule has 0 spiro atoms. The van der Waals surface area contributed by atoms with Crippen molar-refractivity contribution in [1.82, 2.24) is 50.2 Å². The zero-order chi connectivity index (χ0) is 60.7. The molecule has 0 bridgehead atoms. The Bertz CT molecular complexity index is 2300. The lowest BCUT2D eigenvalue weighted by molar-refractivity contribution is -0.153. The lowest BCUT2D eigenvalue weighted by Crippen LogP contribution is -2.62. The molecule has 0 radical (unpaired) electrons. The van der Waals surface area contributed by atoms with E-state index in [1.165, 1.54) is 75.7 Å². The highest BCUT2D eigenvalue weighted by atomic mass is 16.5. The van der Waals surface area contributed by atoms with Crippen LogP contribution in [0.4, 0.5) is 0 Å². The Kier molecular flexibility index (Phi) is 26.1. The minimum absolute atomic E-state index is 0.0508. The van der Waals surface area contributed by atoms with Crippen molar-refractivity contribution < 1.29 is 57.8 Å². The molecule has 2 heterocycles. The van der Waals surface area contributed by atoms with Gasteiger partial charge in [0.15, 0.2) is 0 Å². The molecule has 2 saturated heterocycles. The smallest absolute Gasteiger partial charge is 0.248 e. The molecule has 0 unspecified atom stereocenters. The third-order valence-electron chi connectivity index (χ3n) is 15.3. The van der Waals surface area contributed by atoms with E-state index in [4.69, 9.17) is 4.74 Å². The molecule has 4 N–H and O–H groups in total. The van der Waals surface area contributed by atoms with Gasteiger partial charge in [0.2, 0.25) is 59.1 Å². The molecule has 450 valence electrons. The van der Waals surface area contributed by atoms with Gasteiger partial charge >= 0.3 is 0 Å². The van der Waals surface area contributed by atoms with Crippen molar-refractivity contribution in [1.29, 1.82) is 0 Å². The Hall–Kier alpha value is -6.16. The number of nitrogens with one attached hydrogen (secondary N) is 3. The number of piperidine rings is 1. The zero-order valence-corrected chi connectivity index (χ0v) is 50.9. The lowest BCUT2D eigenvalue weighted by Gasteiger charge is -2.38. The SMILES string of the molecule is CC[C@H](C)[C@H]1C(=O)N[C@H](C(=O)N2CCCCC2)CC(=O)N(C)[C@@H](C)C(=O)N(C)[C@@H](CC(C)C)C(=O)N(C)[C@@H](Cc2ccccc2)C(=O)N[C@@H]([C@@H](C)O)C(=O)N(C)CC(=O)N(C)[C@@H](CC(C)C)C(=O)N[C@@H](COC(C)(C)C)C(=O)N1C. The summed E-state index contributed by atoms with van der Waals surface area (Å²) >= 11 is 0. The largest absolute Gasteiger partial charge is 0.391 e. The van der Waals surface area contributed by atoms with Gasteiger partial charge in [0, 0.05) is 61.8 Å². The van der Waals surface area contributed by atoms with Gasteiger partial charge in [-0.25, -0.2) is 0 Å². The summed E-state index contributed by atoms with van der Waals surface area (Å²) < 4.78 is 6.10. The average Bonchev–Trinajstić information content (AvgIpc) is 3.40. The third kappa shape index (κ3) is 19.0. The Balaban J connectivity index is 2.31. The lowest BCUT2D eigenvalue weighted by atomic mass is 9.95. The van der Waals surface area contributed by atoms with Crippen LogP contribution in [-0.2, 0) is 59.1 Å². The molecule has 10 amide bonds. The van der Waals surface area contributed by atoms with E-state index in [2.05, 4.69) is 16.0 Å². The van der Waals surface area contributed by atoms with Crippen LogP contribution in [0.25, 0.3) is 0 Å². The van der Waals surface area contributed by atoms with E-state index in [1.807, 2.05) is 34.6 Å². The molecule has 2 aliphatic rings. The van der Waals surface area contributed by atoms with E-state index < -0.39 is 138 Å². The van der Waals surface area contributed by atoms with E-state index in [9.17, 15) is 53.1 Å². The van der Waals surface area contributed by atoms with E-state index in [-0.39, 0.29) is 37.7 Å². The normalized spacial score (nSPS) is 26.1. The van der Waals surface area contributed by atoms with Gasteiger partial charge in [-0.2, -0.15) is 0 Å². The van der Waals surface area contributed by atoms with Crippen LogP contribution in [0.3, 0.4) is 0 Å². The predicted octanol–water partition coefficient (Wildman–Crippen LogP) is 2.05. The number of rotatable bonds is 12. The molecule has 80 heavy (non-hydrogen) atoms. The number of hydrogen-bond acceptors (Lipinski definition) is 12. The second-order valence-electron chi connectivity index (χ2n) is 23.9. The first-order chi connectivity index (χ1) is 37.2. The Labute approximate surface area is 475 Å². The minimum atomic E-state index is -1.62. The molecular formula is C58H96N10O12. The number of nitrogens with zero attached hydrogens (tertiary/aromatic N) is 7. The third-order valence-corrected chi connectivity index (χ3v) is 15.3. The number of aliphatic hydroxyl groups excluding tert-OH is 1. The van der Waals surface area contributed by atoms with Crippen molar-refractivity contribution in [3.8, 4) is 0 Å². The highest BCUT2D eigenvalue weighted by Gasteiger charge is 2.43. The molecular weight excluding hydrogens is 1030 g/mol. The van der Waals surface area contributed by atoms with E-state index in [0.717, 1.165) is 16.2 Å². The molecule has 3 rings (SSSR count). The summed E-state index contributed by atoms with van der Waals surface area (Å²) in [6.07, 6.45) is 0.813. The molecule has 0 saturated carbocycles. The van der Waals surface area contributed by atoms with Crippen LogP contribution in [0.2, 0.25) is 0 Å². The van der Waals surface area contributed by atoms with Gasteiger partial charge in [0.25, 0.3) is 0 Å². The van der Waals surface area contributed by atoms with Crippen molar-refractivity contribution in [2.24, 2.45) is 17.8 Å². The van der Waals surface area contributed by atoms with Gasteiger partial charge in [-0.3, -0.25) is 47.9 Å². The van der Waals surface area contributed by atoms with Crippen molar-refractivity contribution in [2.75, 3.05) is 68.5 Å². The maximum atomic E-state index is 14.9. The van der Waals surface area contributed by atoms with E-state index in [1.54, 1.807) is 62.9 Å². The second kappa shape index (κ2) is 30.6. The summed E-state index contributed by atoms with van der Waals surface area (Å²) in [4.78, 5) is 155. The standard InChI is InChI=1S/C58H96N10O12/c1-18-37(6)49-52(74)59-41(55(77)68-27-23-20-24-28-68)32-46(70)63(13)38(7)53(75)66(16)45(30-36(4)5)56(78)65(15)44(31-40-25-21-19-22-26-40)51(73)61-48(39(8)69)57(79)62(12)33-47(71)64(14)43(29-35(2)3)50(72)60-42(54(76)67(49)17)34-80-58(9,10)11/h19,21-22,25-26,35-39,41-45,48-49,69H,18,20,23-24,27-34H2,1-17H3,(H,59,74)(H,60,72)(H,61,73)/t37-,38-,39+,41-,42-,43-,44-,45-,48-,49-/m0/s1. The van der Waals surface area contributed by atoms with E-state index in [0.29, 0.717) is 37.9 Å². The highest BCUT2D eigenvalue weighted by Crippen LogP contribution is 2.23. The fourth-order valence-corrected chi connectivity index (χ4v) is 9.97. The summed E-state index contributed by atoms with van der Waals surface area (Å²) in [5, 5.41) is 19.4. The van der Waals surface area contributed by atoms with Crippen molar-refractivity contribution in [3.63, 3.8) is 0 Å². The first-order valence-electron chi connectivity index (χ1n) is 28.4. The van der Waals surface area contributed by atoms with Gasteiger partial charge in [-0.15, -0.1) is 0 Å². The maximum Gasteiger partial charge on any atom is 0.248 e. The fraction of sp³-hybridized carbons (Fsp3) is 0.724. The molecule has 10 atom stereocenters. The molecule has 0 aromatic heterocycles. The monoisotopic (exact) mass is 1120 g/mol. The van der Waals surface area contributed by atoms with Crippen molar-refractivity contribution in [2.45, 2.75) is 188 Å². The van der Waals surface area contributed by atoms with Crippen LogP contribution in [0.1, 0.15) is 127 Å². The average molecular weight is 1130 g/mol. The summed E-state index contributed by atoms with van der Waals surface area (Å²) in [5.74, 6) is -7.88. The van der Waals surface area contributed by atoms with Gasteiger partial charge in [-0.05, 0) is 90.0 Å². The van der Waals surface area contributed by atoms with E-state index >= 15 is 0 Å². The predicted molar refractivity (Wildman–Crippen MR) is 303 cm³/mol. The minimum Gasteiger partial charge on any atom is -0.391 e. The van der Waals surface area contributed by atoms with Crippen molar-refractivity contribution >= 4 is 59.1 Å². The number of amides is 10. The number of carbonyl (C=O) groups is 10. The number of carbonyl (C=O) groups excluding carboxylic acids is 10. The Morgan fingerprint density at radius 2 is 1.20 bits per heavy atom. The molecule has 22 nitrogen and oxygen atoms in total. The number of hydrogen-bond donors (Lipinski definition) is 4. The number of aliphatic hydroxyl groups is 1. The number of likely N-dealkylation sites (tertiary alicyclic amines) is 1. The topological polar surface area (TPSA) is 259 Å². The molecule has 1 aromatic rings. The van der Waals surface area contributed by atoms with Crippen LogP contribution < -0.4 is 16.0 Å². The van der Waals surface area contributed by atoms with Crippen LogP contribution in [-0.4, -0.2) is 227 Å². The summed E-state index contributed by atoms with van der Waals surface area (Å²) in [5.41, 5.74) is -0.155. The molecule has 22 heteroatoms. The fourth-order valence-electron chi connectivity index (χ4n) is 9.97. The van der Waals surface area contributed by atoms with Gasteiger partial charge in [-0.1, -0.05) is 78.3 Å². The van der Waals surface area contributed by atoms with Crippen LogP contribution in [0.5, 0.6) is 0 Å². The molecule has 2 aliphatic heterocycles. The molecule has 2 fully saturated rings. The van der Waals surface area contributed by atoms with Crippen LogP contribution in [0.15, 0.2) is 30.3 Å². The summed E-state index contributed by atoms with van der Waals surface area (Å²) in [6.45, 7) is 18.9. The first kappa shape index (κ1) is 68.1. The second-order valence-corrected chi connectivity index (χ2v) is 23.9. The zero-order valence-electron chi connectivity index (χ0n) is 50.9. The number of benzene rings is 1. The Morgan fingerprint density at radius 3 is 1.74 bits per heavy atom. The summed E-state index contributed by atoms with van der Waals surface area (Å²) in [6, 6.07) is -1.78. The first-order valence-corrected chi connectivity index (χ1v) is 28.4. The Morgan fingerprint density at radius 1 is 0.650 bits per heavy atom.